The van der Waals surface area contributed by atoms with Crippen molar-refractivity contribution in [1.29, 1.82) is 0 Å². The first-order valence-corrected chi connectivity index (χ1v) is 6.02. The Morgan fingerprint density at radius 3 is 2.50 bits per heavy atom. The molecule has 0 aliphatic rings. The molecule has 5 heteroatoms. The zero-order chi connectivity index (χ0) is 12.8. The topological polar surface area (TPSA) is 52.0 Å². The fourth-order valence-corrected chi connectivity index (χ4v) is 1.69. The molecule has 1 aromatic carbocycles. The highest BCUT2D eigenvalue weighted by Crippen LogP contribution is 2.13. The number of nitrogens with one attached hydrogen (secondary N) is 1. The number of aromatic nitrogens is 3. The lowest BCUT2D eigenvalue weighted by molar-refractivity contribution is 0.191. The number of ether oxygens (including phenoxy) is 1. The van der Waals surface area contributed by atoms with Crippen molar-refractivity contribution in [2.75, 3.05) is 19.0 Å². The third-order valence-corrected chi connectivity index (χ3v) is 2.69. The van der Waals surface area contributed by atoms with Crippen LogP contribution in [0.15, 0.2) is 36.7 Å². The van der Waals surface area contributed by atoms with Crippen molar-refractivity contribution >= 4 is 5.69 Å². The largest absolute Gasteiger partial charge is 0.385 e. The first-order valence-electron chi connectivity index (χ1n) is 6.02. The summed E-state index contributed by atoms with van der Waals surface area (Å²) in [4.78, 5) is 1.60. The molecule has 0 radical (unpaired) electrons. The van der Waals surface area contributed by atoms with E-state index < -0.39 is 0 Å². The Morgan fingerprint density at radius 1 is 1.22 bits per heavy atom. The van der Waals surface area contributed by atoms with E-state index in [2.05, 4.69) is 22.4 Å². The van der Waals surface area contributed by atoms with Gasteiger partial charge < -0.3 is 10.1 Å². The molecule has 5 nitrogen and oxygen atoms in total. The quantitative estimate of drug-likeness (QED) is 0.848. The van der Waals surface area contributed by atoms with Crippen LogP contribution >= 0.6 is 0 Å². The Kier molecular flexibility index (Phi) is 4.30. The molecule has 0 aliphatic carbocycles. The fraction of sp³-hybridized carbons (Fsp3) is 0.385. The van der Waals surface area contributed by atoms with Gasteiger partial charge in [-0.3, -0.25) is 0 Å². The van der Waals surface area contributed by atoms with Gasteiger partial charge in [-0.05, 0) is 37.6 Å². The number of methoxy groups -OCH3 is 1. The van der Waals surface area contributed by atoms with Crippen LogP contribution in [0.2, 0.25) is 0 Å². The van der Waals surface area contributed by atoms with Crippen molar-refractivity contribution in [3.63, 3.8) is 0 Å². The molecule has 1 atom stereocenters. The summed E-state index contributed by atoms with van der Waals surface area (Å²) in [6, 6.07) is 8.43. The lowest BCUT2D eigenvalue weighted by Crippen LogP contribution is -2.17. The van der Waals surface area contributed by atoms with Gasteiger partial charge in [0.25, 0.3) is 0 Å². The fourth-order valence-electron chi connectivity index (χ4n) is 1.69. The van der Waals surface area contributed by atoms with Crippen LogP contribution in [0.1, 0.15) is 13.3 Å². The summed E-state index contributed by atoms with van der Waals surface area (Å²) < 4.78 is 5.06. The second kappa shape index (κ2) is 6.16. The molecular formula is C13H18N4O. The van der Waals surface area contributed by atoms with Gasteiger partial charge in [0.2, 0.25) is 0 Å². The molecule has 2 aromatic rings. The monoisotopic (exact) mass is 246 g/mol. The molecular weight excluding hydrogens is 228 g/mol. The average Bonchev–Trinajstić information content (AvgIpc) is 2.91. The van der Waals surface area contributed by atoms with Crippen molar-refractivity contribution in [2.24, 2.45) is 0 Å². The molecule has 0 bridgehead atoms. The second-order valence-electron chi connectivity index (χ2n) is 4.19. The van der Waals surface area contributed by atoms with Gasteiger partial charge in [0.15, 0.2) is 0 Å². The summed E-state index contributed by atoms with van der Waals surface area (Å²) in [5, 5.41) is 11.6. The second-order valence-corrected chi connectivity index (χ2v) is 4.19. The van der Waals surface area contributed by atoms with E-state index in [-0.39, 0.29) is 0 Å². The standard InChI is InChI=1S/C13H18N4O/c1-11(7-10-18-2)16-12-3-5-13(6-4-12)17-14-8-9-15-17/h3-6,8-9,11,16H,7,10H2,1-2H3. The molecule has 1 aromatic heterocycles. The Labute approximate surface area is 107 Å². The first-order chi connectivity index (χ1) is 8.79. The highest BCUT2D eigenvalue weighted by molar-refractivity contribution is 5.48. The zero-order valence-corrected chi connectivity index (χ0v) is 10.7. The van der Waals surface area contributed by atoms with Gasteiger partial charge in [0.05, 0.1) is 18.1 Å². The molecule has 0 amide bonds. The molecule has 0 aliphatic heterocycles. The van der Waals surface area contributed by atoms with E-state index in [4.69, 9.17) is 4.74 Å². The molecule has 1 unspecified atom stereocenters. The van der Waals surface area contributed by atoms with Crippen LogP contribution in [-0.2, 0) is 4.74 Å². The maximum atomic E-state index is 5.06. The highest BCUT2D eigenvalue weighted by atomic mass is 16.5. The van der Waals surface area contributed by atoms with E-state index >= 15 is 0 Å². The van der Waals surface area contributed by atoms with Crippen molar-refractivity contribution in [1.82, 2.24) is 15.0 Å². The number of hydrogen-bond acceptors (Lipinski definition) is 4. The third kappa shape index (κ3) is 3.30. The van der Waals surface area contributed by atoms with Crippen molar-refractivity contribution in [3.05, 3.63) is 36.7 Å². The van der Waals surface area contributed by atoms with Crippen LogP contribution in [0.25, 0.3) is 5.69 Å². The van der Waals surface area contributed by atoms with E-state index in [1.165, 1.54) is 0 Å². The predicted octanol–water partition coefficient (Wildman–Crippen LogP) is 2.10. The minimum Gasteiger partial charge on any atom is -0.385 e. The van der Waals surface area contributed by atoms with Crippen LogP contribution in [0.5, 0.6) is 0 Å². The van der Waals surface area contributed by atoms with Gasteiger partial charge in [0.1, 0.15) is 0 Å². The number of rotatable bonds is 6. The van der Waals surface area contributed by atoms with Gasteiger partial charge >= 0.3 is 0 Å². The van der Waals surface area contributed by atoms with Gasteiger partial charge in [-0.15, -0.1) is 0 Å². The Morgan fingerprint density at radius 2 is 1.89 bits per heavy atom. The van der Waals surface area contributed by atoms with Crippen LogP contribution in [0.4, 0.5) is 5.69 Å². The normalized spacial score (nSPS) is 12.3. The van der Waals surface area contributed by atoms with Crippen molar-refractivity contribution in [2.45, 2.75) is 19.4 Å². The molecule has 0 saturated heterocycles. The zero-order valence-electron chi connectivity index (χ0n) is 10.7. The average molecular weight is 246 g/mol. The molecule has 96 valence electrons. The van der Waals surface area contributed by atoms with Crippen molar-refractivity contribution in [3.8, 4) is 5.69 Å². The smallest absolute Gasteiger partial charge is 0.0858 e. The summed E-state index contributed by atoms with van der Waals surface area (Å²) >= 11 is 0. The van der Waals surface area contributed by atoms with Crippen LogP contribution in [-0.4, -0.2) is 34.8 Å². The minimum atomic E-state index is 0.388. The summed E-state index contributed by atoms with van der Waals surface area (Å²) in [6.45, 7) is 2.91. The van der Waals surface area contributed by atoms with Gasteiger partial charge in [-0.1, -0.05) is 0 Å². The minimum absolute atomic E-state index is 0.388. The van der Waals surface area contributed by atoms with E-state index in [1.54, 1.807) is 24.3 Å². The lowest BCUT2D eigenvalue weighted by atomic mass is 10.2. The summed E-state index contributed by atoms with van der Waals surface area (Å²) in [7, 11) is 1.72. The van der Waals surface area contributed by atoms with E-state index in [9.17, 15) is 0 Å². The summed E-state index contributed by atoms with van der Waals surface area (Å²) in [6.07, 6.45) is 4.32. The summed E-state index contributed by atoms with van der Waals surface area (Å²) in [5.74, 6) is 0. The number of anilines is 1. The van der Waals surface area contributed by atoms with Gasteiger partial charge in [0, 0.05) is 25.4 Å². The molecule has 1 heterocycles. The van der Waals surface area contributed by atoms with Gasteiger partial charge in [-0.25, -0.2) is 0 Å². The molecule has 0 spiro atoms. The molecule has 0 fully saturated rings. The van der Waals surface area contributed by atoms with Crippen LogP contribution in [0, 0.1) is 0 Å². The number of hydrogen-bond donors (Lipinski definition) is 1. The number of benzene rings is 1. The van der Waals surface area contributed by atoms with E-state index in [0.29, 0.717) is 6.04 Å². The Balaban J connectivity index is 1.95. The van der Waals surface area contributed by atoms with E-state index in [0.717, 1.165) is 24.4 Å². The van der Waals surface area contributed by atoms with Crippen LogP contribution in [0.3, 0.4) is 0 Å². The lowest BCUT2D eigenvalue weighted by Gasteiger charge is -2.14. The highest BCUT2D eigenvalue weighted by Gasteiger charge is 2.02. The third-order valence-electron chi connectivity index (χ3n) is 2.69. The molecule has 1 N–H and O–H groups in total. The molecule has 2 rings (SSSR count). The summed E-state index contributed by atoms with van der Waals surface area (Å²) in [5.41, 5.74) is 2.05. The van der Waals surface area contributed by atoms with E-state index in [1.807, 2.05) is 24.3 Å². The van der Waals surface area contributed by atoms with Crippen molar-refractivity contribution < 1.29 is 4.74 Å². The Hall–Kier alpha value is -1.88. The number of nitrogens with zero attached hydrogens (tertiary/aromatic N) is 3. The first kappa shape index (κ1) is 12.6. The predicted molar refractivity (Wildman–Crippen MR) is 70.9 cm³/mol. The van der Waals surface area contributed by atoms with Gasteiger partial charge in [-0.2, -0.15) is 15.0 Å². The SMILES string of the molecule is COCCC(C)Nc1ccc(-n2nccn2)cc1. The van der Waals surface area contributed by atoms with Crippen LogP contribution < -0.4 is 5.32 Å². The molecule has 0 saturated carbocycles. The maximum absolute atomic E-state index is 5.06. The molecule has 18 heavy (non-hydrogen) atoms. The maximum Gasteiger partial charge on any atom is 0.0858 e. The Bertz CT molecular complexity index is 452.